The highest BCUT2D eigenvalue weighted by atomic mass is 127. The van der Waals surface area contributed by atoms with Crippen LogP contribution in [0.5, 0.6) is 0 Å². The van der Waals surface area contributed by atoms with Crippen molar-refractivity contribution >= 4 is 32.5 Å². The first-order chi connectivity index (χ1) is 6.79. The number of halogens is 1. The highest BCUT2D eigenvalue weighted by Gasteiger charge is 2.11. The molecule has 0 aliphatic rings. The lowest BCUT2D eigenvalue weighted by molar-refractivity contribution is 0.559. The van der Waals surface area contributed by atoms with E-state index in [0.717, 1.165) is 5.92 Å². The summed E-state index contributed by atoms with van der Waals surface area (Å²) in [6, 6.07) is 8.79. The second-order valence-corrected chi connectivity index (χ2v) is 4.96. The van der Waals surface area contributed by atoms with Crippen LogP contribution in [0.3, 0.4) is 0 Å². The van der Waals surface area contributed by atoms with Crippen LogP contribution in [0.15, 0.2) is 24.3 Å². The fourth-order valence-corrected chi connectivity index (χ4v) is 2.79. The van der Waals surface area contributed by atoms with Crippen molar-refractivity contribution < 1.29 is 0 Å². The standard InChI is InChI=1S/C13H19I.H3P/c1-3-7-11(8-4-2)12-9-5-6-10-13(12)14;/h5-6,9-11H,3-4,7-8H2,1-2H3;1H3. The lowest BCUT2D eigenvalue weighted by Gasteiger charge is -2.17. The molecule has 0 N–H and O–H groups in total. The maximum Gasteiger partial charge on any atom is 0.0165 e. The van der Waals surface area contributed by atoms with Gasteiger partial charge in [-0.15, -0.1) is 0 Å². The second-order valence-electron chi connectivity index (χ2n) is 3.80. The van der Waals surface area contributed by atoms with E-state index in [-0.39, 0.29) is 9.90 Å². The number of hydrogen-bond acceptors (Lipinski definition) is 0. The van der Waals surface area contributed by atoms with E-state index in [0.29, 0.717) is 0 Å². The highest BCUT2D eigenvalue weighted by molar-refractivity contribution is 14.1. The molecule has 0 amide bonds. The third kappa shape index (κ3) is 4.82. The zero-order valence-electron chi connectivity index (χ0n) is 9.80. The molecule has 0 aliphatic heterocycles. The summed E-state index contributed by atoms with van der Waals surface area (Å²) in [6.45, 7) is 4.55. The Labute approximate surface area is 111 Å². The Balaban J connectivity index is 0.00000196. The van der Waals surface area contributed by atoms with E-state index in [1.165, 1.54) is 29.3 Å². The molecule has 0 fully saturated rings. The first-order valence-electron chi connectivity index (χ1n) is 5.54. The fourth-order valence-electron chi connectivity index (χ4n) is 1.96. The summed E-state index contributed by atoms with van der Waals surface area (Å²) in [5.41, 5.74) is 1.55. The zero-order chi connectivity index (χ0) is 10.4. The highest BCUT2D eigenvalue weighted by Crippen LogP contribution is 2.29. The van der Waals surface area contributed by atoms with Gasteiger partial charge in [0.15, 0.2) is 0 Å². The van der Waals surface area contributed by atoms with Gasteiger partial charge in [-0.2, -0.15) is 9.90 Å². The molecular weight excluding hydrogens is 314 g/mol. The van der Waals surface area contributed by atoms with Crippen LogP contribution in [-0.2, 0) is 0 Å². The zero-order valence-corrected chi connectivity index (χ0v) is 13.4. The average molecular weight is 336 g/mol. The first kappa shape index (κ1) is 15.4. The summed E-state index contributed by atoms with van der Waals surface area (Å²) in [6.07, 6.45) is 5.23. The third-order valence-corrected chi connectivity index (χ3v) is 3.60. The van der Waals surface area contributed by atoms with Crippen LogP contribution in [0.2, 0.25) is 0 Å². The topological polar surface area (TPSA) is 0 Å². The molecule has 1 rings (SSSR count). The lowest BCUT2D eigenvalue weighted by Crippen LogP contribution is -2.00. The van der Waals surface area contributed by atoms with Crippen LogP contribution in [0.4, 0.5) is 0 Å². The van der Waals surface area contributed by atoms with Gasteiger partial charge in [0.25, 0.3) is 0 Å². The second kappa shape index (κ2) is 8.52. The van der Waals surface area contributed by atoms with Crippen molar-refractivity contribution in [2.75, 3.05) is 0 Å². The molecule has 1 aromatic carbocycles. The van der Waals surface area contributed by atoms with E-state index in [4.69, 9.17) is 0 Å². The fraction of sp³-hybridized carbons (Fsp3) is 0.538. The number of benzene rings is 1. The van der Waals surface area contributed by atoms with Crippen LogP contribution in [0, 0.1) is 3.57 Å². The van der Waals surface area contributed by atoms with Gasteiger partial charge in [0.05, 0.1) is 0 Å². The predicted octanol–water partition coefficient (Wildman–Crippen LogP) is 5.03. The van der Waals surface area contributed by atoms with Crippen molar-refractivity contribution in [1.29, 1.82) is 0 Å². The number of hydrogen-bond donors (Lipinski definition) is 0. The van der Waals surface area contributed by atoms with E-state index in [1.807, 2.05) is 0 Å². The van der Waals surface area contributed by atoms with Crippen LogP contribution < -0.4 is 0 Å². The molecule has 15 heavy (non-hydrogen) atoms. The van der Waals surface area contributed by atoms with Crippen LogP contribution >= 0.6 is 32.5 Å². The normalized spacial score (nSPS) is 10.1. The molecule has 1 aromatic rings. The van der Waals surface area contributed by atoms with E-state index >= 15 is 0 Å². The van der Waals surface area contributed by atoms with Gasteiger partial charge in [-0.3, -0.25) is 0 Å². The Bertz CT molecular complexity index is 267. The predicted molar refractivity (Wildman–Crippen MR) is 82.8 cm³/mol. The minimum Gasteiger partial charge on any atom is -0.153 e. The maximum atomic E-state index is 2.45. The third-order valence-electron chi connectivity index (χ3n) is 2.62. The van der Waals surface area contributed by atoms with Gasteiger partial charge in [0, 0.05) is 3.57 Å². The van der Waals surface area contributed by atoms with Gasteiger partial charge in [-0.25, -0.2) is 0 Å². The SMILES string of the molecule is CCCC(CCC)c1ccccc1I.P. The molecule has 0 heterocycles. The van der Waals surface area contributed by atoms with Gasteiger partial charge >= 0.3 is 0 Å². The molecule has 0 saturated carbocycles. The molecular formula is C13H22IP. The van der Waals surface area contributed by atoms with Crippen molar-refractivity contribution in [3.63, 3.8) is 0 Å². The molecule has 0 radical (unpaired) electrons. The van der Waals surface area contributed by atoms with Crippen molar-refractivity contribution in [1.82, 2.24) is 0 Å². The molecule has 0 nitrogen and oxygen atoms in total. The first-order valence-corrected chi connectivity index (χ1v) is 6.61. The molecule has 86 valence electrons. The summed E-state index contributed by atoms with van der Waals surface area (Å²) in [5.74, 6) is 0.776. The number of rotatable bonds is 5. The summed E-state index contributed by atoms with van der Waals surface area (Å²) < 4.78 is 1.43. The Morgan fingerprint density at radius 3 is 2.07 bits per heavy atom. The van der Waals surface area contributed by atoms with Crippen molar-refractivity contribution in [3.8, 4) is 0 Å². The maximum absolute atomic E-state index is 2.45. The van der Waals surface area contributed by atoms with Crippen molar-refractivity contribution in [3.05, 3.63) is 33.4 Å². The van der Waals surface area contributed by atoms with E-state index < -0.39 is 0 Å². The van der Waals surface area contributed by atoms with Gasteiger partial charge in [0.2, 0.25) is 0 Å². The van der Waals surface area contributed by atoms with Crippen molar-refractivity contribution in [2.45, 2.75) is 45.4 Å². The molecule has 0 bridgehead atoms. The molecule has 0 spiro atoms. The van der Waals surface area contributed by atoms with E-state index in [1.54, 1.807) is 5.56 Å². The van der Waals surface area contributed by atoms with Gasteiger partial charge in [0.1, 0.15) is 0 Å². The molecule has 0 aliphatic carbocycles. The largest absolute Gasteiger partial charge is 0.153 e. The van der Waals surface area contributed by atoms with Crippen LogP contribution in [0.1, 0.15) is 51.0 Å². The summed E-state index contributed by atoms with van der Waals surface area (Å²) in [4.78, 5) is 0. The minimum atomic E-state index is 0. The molecule has 1 unspecified atom stereocenters. The van der Waals surface area contributed by atoms with E-state index in [2.05, 4.69) is 60.7 Å². The molecule has 1 atom stereocenters. The van der Waals surface area contributed by atoms with Crippen LogP contribution in [0.25, 0.3) is 0 Å². The summed E-state index contributed by atoms with van der Waals surface area (Å²) >= 11 is 2.45. The Hall–Kier alpha value is 0.380. The van der Waals surface area contributed by atoms with Gasteiger partial charge in [-0.1, -0.05) is 44.9 Å². The lowest BCUT2D eigenvalue weighted by atomic mass is 9.90. The van der Waals surface area contributed by atoms with Gasteiger partial charge in [-0.05, 0) is 53.0 Å². The Morgan fingerprint density at radius 1 is 1.07 bits per heavy atom. The Kier molecular flexibility index (Phi) is 8.74. The van der Waals surface area contributed by atoms with Crippen molar-refractivity contribution in [2.24, 2.45) is 0 Å². The van der Waals surface area contributed by atoms with Gasteiger partial charge < -0.3 is 0 Å². The molecule has 0 saturated heterocycles. The van der Waals surface area contributed by atoms with Crippen LogP contribution in [-0.4, -0.2) is 0 Å². The average Bonchev–Trinajstić information content (AvgIpc) is 2.18. The Morgan fingerprint density at radius 2 is 1.60 bits per heavy atom. The summed E-state index contributed by atoms with van der Waals surface area (Å²) in [7, 11) is 0. The monoisotopic (exact) mass is 336 g/mol. The smallest absolute Gasteiger partial charge is 0.0165 e. The van der Waals surface area contributed by atoms with E-state index in [9.17, 15) is 0 Å². The molecule has 0 aromatic heterocycles. The molecule has 2 heteroatoms. The minimum absolute atomic E-state index is 0. The summed E-state index contributed by atoms with van der Waals surface area (Å²) in [5, 5.41) is 0. The quantitative estimate of drug-likeness (QED) is 0.522.